The average molecular weight is 540 g/mol. The van der Waals surface area contributed by atoms with Crippen LogP contribution in [0.1, 0.15) is 31.2 Å². The minimum absolute atomic E-state index is 0.0987. The normalized spacial score (nSPS) is 13.9. The van der Waals surface area contributed by atoms with E-state index in [4.69, 9.17) is 16.6 Å². The zero-order chi connectivity index (χ0) is 28.0. The van der Waals surface area contributed by atoms with Crippen molar-refractivity contribution in [1.29, 1.82) is 0 Å². The van der Waals surface area contributed by atoms with Gasteiger partial charge in [-0.1, -0.05) is 30.3 Å². The van der Waals surface area contributed by atoms with Crippen LogP contribution in [0.2, 0.25) is 0 Å². The first-order chi connectivity index (χ1) is 17.4. The maximum Gasteiger partial charge on any atom is 0.326 e. The lowest BCUT2D eigenvalue weighted by atomic mass is 10.0. The molecule has 0 aliphatic carbocycles. The van der Waals surface area contributed by atoms with Gasteiger partial charge in [0, 0.05) is 6.42 Å². The fraction of sp³-hybridized carbons (Fsp3) is 0.478. The summed E-state index contributed by atoms with van der Waals surface area (Å²) >= 11 is 1.37. The third kappa shape index (κ3) is 12.2. The van der Waals surface area contributed by atoms with Crippen LogP contribution in [0.25, 0.3) is 0 Å². The van der Waals surface area contributed by atoms with Gasteiger partial charge in [0.15, 0.2) is 0 Å². The van der Waals surface area contributed by atoms with E-state index in [0.29, 0.717) is 5.75 Å². The first kappa shape index (κ1) is 31.4. The fourth-order valence-corrected chi connectivity index (χ4v) is 3.70. The molecule has 1 rings (SSSR count). The summed E-state index contributed by atoms with van der Waals surface area (Å²) in [6.07, 6.45) is 0.501. The van der Waals surface area contributed by atoms with Gasteiger partial charge in [-0.2, -0.15) is 11.8 Å². The quantitative estimate of drug-likeness (QED) is 0.122. The Labute approximate surface area is 218 Å². The lowest BCUT2D eigenvalue weighted by Crippen LogP contribution is -2.58. The lowest BCUT2D eigenvalue weighted by Gasteiger charge is -2.24. The number of aliphatic carboxylic acids is 2. The van der Waals surface area contributed by atoms with Gasteiger partial charge in [-0.3, -0.25) is 24.0 Å². The Hall–Kier alpha value is -3.65. The molecule has 0 aliphatic rings. The Morgan fingerprint density at radius 3 is 1.97 bits per heavy atom. The molecule has 0 bridgehead atoms. The maximum atomic E-state index is 12.9. The van der Waals surface area contributed by atoms with E-state index in [0.717, 1.165) is 5.56 Å². The van der Waals surface area contributed by atoms with Crippen molar-refractivity contribution in [3.05, 3.63) is 35.9 Å². The summed E-state index contributed by atoms with van der Waals surface area (Å²) in [7, 11) is 0. The number of benzene rings is 1. The van der Waals surface area contributed by atoms with Crippen LogP contribution >= 0.6 is 11.8 Å². The SMILES string of the molecule is CSCCC(NC(=O)C(CCC(=O)O)NC(=O)C(CC(N)=O)NC(=O)C(N)Cc1ccccc1)C(=O)O. The number of thioether (sulfide) groups is 1. The molecule has 1 aromatic carbocycles. The predicted molar refractivity (Wildman–Crippen MR) is 135 cm³/mol. The highest BCUT2D eigenvalue weighted by molar-refractivity contribution is 7.98. The standard InChI is InChI=1S/C23H33N5O8S/c1-37-10-9-16(23(35)36)27-21(33)15(7-8-19(30)31)26-22(34)17(12-18(25)29)28-20(32)14(24)11-13-5-3-2-4-6-13/h2-6,14-17H,7-12,24H2,1H3,(H2,25,29)(H,26,34)(H,27,33)(H,28,32)(H,30,31)(H,35,36). The topological polar surface area (TPSA) is 231 Å². The molecule has 13 nitrogen and oxygen atoms in total. The molecular weight excluding hydrogens is 506 g/mol. The van der Waals surface area contributed by atoms with E-state index in [1.165, 1.54) is 11.8 Å². The first-order valence-corrected chi connectivity index (χ1v) is 12.8. The molecule has 4 amide bonds. The predicted octanol–water partition coefficient (Wildman–Crippen LogP) is -1.41. The number of carboxylic acid groups (broad SMARTS) is 2. The molecule has 0 aromatic heterocycles. The average Bonchev–Trinajstić information content (AvgIpc) is 2.83. The summed E-state index contributed by atoms with van der Waals surface area (Å²) in [5.41, 5.74) is 11.9. The van der Waals surface area contributed by atoms with Gasteiger partial charge in [-0.25, -0.2) is 4.79 Å². The Kier molecular flexibility index (Phi) is 13.7. The summed E-state index contributed by atoms with van der Waals surface area (Å²) in [6.45, 7) is 0. The van der Waals surface area contributed by atoms with Crippen LogP contribution in [0.4, 0.5) is 0 Å². The summed E-state index contributed by atoms with van der Waals surface area (Å²) in [5.74, 6) is -5.70. The van der Waals surface area contributed by atoms with Crippen molar-refractivity contribution in [3.63, 3.8) is 0 Å². The van der Waals surface area contributed by atoms with E-state index < -0.39 is 72.6 Å². The third-order valence-corrected chi connectivity index (χ3v) is 5.82. The second-order valence-electron chi connectivity index (χ2n) is 8.20. The summed E-state index contributed by atoms with van der Waals surface area (Å²) in [6, 6.07) is 3.56. The van der Waals surface area contributed by atoms with E-state index in [-0.39, 0.29) is 19.3 Å². The number of primary amides is 1. The second-order valence-corrected chi connectivity index (χ2v) is 9.19. The van der Waals surface area contributed by atoms with Crippen LogP contribution in [-0.2, 0) is 35.2 Å². The van der Waals surface area contributed by atoms with E-state index in [2.05, 4.69) is 16.0 Å². The molecule has 0 aliphatic heterocycles. The van der Waals surface area contributed by atoms with Crippen LogP contribution in [0.3, 0.4) is 0 Å². The lowest BCUT2D eigenvalue weighted by molar-refractivity contribution is -0.143. The van der Waals surface area contributed by atoms with Crippen LogP contribution in [0.5, 0.6) is 0 Å². The highest BCUT2D eigenvalue weighted by Crippen LogP contribution is 2.06. The highest BCUT2D eigenvalue weighted by atomic mass is 32.2. The van der Waals surface area contributed by atoms with Gasteiger partial charge < -0.3 is 37.6 Å². The van der Waals surface area contributed by atoms with Crippen LogP contribution in [0, 0.1) is 0 Å². The van der Waals surface area contributed by atoms with Gasteiger partial charge in [0.05, 0.1) is 12.5 Å². The number of nitrogens with one attached hydrogen (secondary N) is 3. The Balaban J connectivity index is 2.98. The smallest absolute Gasteiger partial charge is 0.326 e. The van der Waals surface area contributed by atoms with Gasteiger partial charge in [-0.05, 0) is 36.8 Å². The zero-order valence-corrected chi connectivity index (χ0v) is 21.2. The molecule has 14 heteroatoms. The summed E-state index contributed by atoms with van der Waals surface area (Å²) in [5, 5.41) is 25.3. The fourth-order valence-electron chi connectivity index (χ4n) is 3.22. The van der Waals surface area contributed by atoms with Crippen molar-refractivity contribution in [3.8, 4) is 0 Å². The second kappa shape index (κ2) is 16.2. The van der Waals surface area contributed by atoms with Gasteiger partial charge >= 0.3 is 11.9 Å². The molecule has 204 valence electrons. The summed E-state index contributed by atoms with van der Waals surface area (Å²) < 4.78 is 0. The van der Waals surface area contributed by atoms with Gasteiger partial charge in [0.1, 0.15) is 18.1 Å². The van der Waals surface area contributed by atoms with Gasteiger partial charge in [0.2, 0.25) is 23.6 Å². The molecule has 1 aromatic rings. The largest absolute Gasteiger partial charge is 0.481 e. The third-order valence-electron chi connectivity index (χ3n) is 5.18. The number of hydrogen-bond acceptors (Lipinski definition) is 8. The van der Waals surface area contributed by atoms with Crippen molar-refractivity contribution in [2.45, 2.75) is 56.3 Å². The Morgan fingerprint density at radius 2 is 1.43 bits per heavy atom. The Morgan fingerprint density at radius 1 is 0.865 bits per heavy atom. The van der Waals surface area contributed by atoms with Crippen LogP contribution in [0.15, 0.2) is 30.3 Å². The molecule has 37 heavy (non-hydrogen) atoms. The van der Waals surface area contributed by atoms with Crippen molar-refractivity contribution < 1.29 is 39.0 Å². The summed E-state index contributed by atoms with van der Waals surface area (Å²) in [4.78, 5) is 72.4. The molecule has 0 saturated carbocycles. The van der Waals surface area contributed by atoms with Crippen molar-refractivity contribution >= 4 is 47.3 Å². The molecule has 0 spiro atoms. The highest BCUT2D eigenvalue weighted by Gasteiger charge is 2.31. The number of carboxylic acids is 2. The van der Waals surface area contributed by atoms with E-state index in [1.54, 1.807) is 36.6 Å². The molecule has 4 atom stereocenters. The van der Waals surface area contributed by atoms with Gasteiger partial charge in [0.25, 0.3) is 0 Å². The van der Waals surface area contributed by atoms with Crippen molar-refractivity contribution in [2.24, 2.45) is 11.5 Å². The van der Waals surface area contributed by atoms with Crippen LogP contribution in [-0.4, -0.2) is 82.0 Å². The number of hydrogen-bond donors (Lipinski definition) is 7. The maximum absolute atomic E-state index is 12.9. The molecule has 9 N–H and O–H groups in total. The Bertz CT molecular complexity index is 962. The van der Waals surface area contributed by atoms with Crippen LogP contribution < -0.4 is 27.4 Å². The minimum Gasteiger partial charge on any atom is -0.481 e. The monoisotopic (exact) mass is 539 g/mol. The zero-order valence-electron chi connectivity index (χ0n) is 20.3. The minimum atomic E-state index is -1.50. The van der Waals surface area contributed by atoms with Crippen molar-refractivity contribution in [2.75, 3.05) is 12.0 Å². The number of rotatable bonds is 17. The van der Waals surface area contributed by atoms with E-state index in [9.17, 15) is 33.9 Å². The van der Waals surface area contributed by atoms with Crippen molar-refractivity contribution in [1.82, 2.24) is 16.0 Å². The molecule has 0 heterocycles. The molecular formula is C23H33N5O8S. The number of amides is 4. The van der Waals surface area contributed by atoms with E-state index >= 15 is 0 Å². The number of carbonyl (C=O) groups is 6. The molecule has 0 saturated heterocycles. The molecule has 4 unspecified atom stereocenters. The molecule has 0 radical (unpaired) electrons. The molecule has 0 fully saturated rings. The first-order valence-electron chi connectivity index (χ1n) is 11.4. The van der Waals surface area contributed by atoms with Gasteiger partial charge in [-0.15, -0.1) is 0 Å². The number of nitrogens with two attached hydrogens (primary N) is 2. The number of carbonyl (C=O) groups excluding carboxylic acids is 4. The van der Waals surface area contributed by atoms with E-state index in [1.807, 2.05) is 0 Å².